The summed E-state index contributed by atoms with van der Waals surface area (Å²) in [5.74, 6) is -1.49. The lowest BCUT2D eigenvalue weighted by Gasteiger charge is -2.23. The van der Waals surface area contributed by atoms with Crippen molar-refractivity contribution < 1.29 is 9.90 Å². The van der Waals surface area contributed by atoms with Gasteiger partial charge < -0.3 is 10.0 Å². The largest absolute Gasteiger partial charge is 0.481 e. The molecule has 0 saturated heterocycles. The number of rotatable bonds is 5. The Balaban J connectivity index is 2.94. The number of benzene rings is 1. The molecular formula is C13H13N3O2. The smallest absolute Gasteiger partial charge is 0.308 e. The Morgan fingerprint density at radius 3 is 2.78 bits per heavy atom. The summed E-state index contributed by atoms with van der Waals surface area (Å²) in [6, 6.07) is 10.8. The highest BCUT2D eigenvalue weighted by molar-refractivity contribution is 5.70. The van der Waals surface area contributed by atoms with Crippen molar-refractivity contribution in [3.63, 3.8) is 0 Å². The minimum atomic E-state index is -0.908. The third-order valence-corrected chi connectivity index (χ3v) is 2.52. The number of carboxylic acid groups (broad SMARTS) is 1. The van der Waals surface area contributed by atoms with E-state index < -0.39 is 11.9 Å². The zero-order valence-corrected chi connectivity index (χ0v) is 10.00. The van der Waals surface area contributed by atoms with E-state index >= 15 is 0 Å². The van der Waals surface area contributed by atoms with Gasteiger partial charge in [0.2, 0.25) is 0 Å². The second kappa shape index (κ2) is 6.27. The normalized spacial score (nSPS) is 11.1. The summed E-state index contributed by atoms with van der Waals surface area (Å²) in [5, 5.41) is 26.5. The summed E-state index contributed by atoms with van der Waals surface area (Å²) in [6.07, 6.45) is 0. The van der Waals surface area contributed by atoms with E-state index in [2.05, 4.69) is 0 Å². The molecule has 1 unspecified atom stereocenters. The number of carbonyl (C=O) groups is 1. The van der Waals surface area contributed by atoms with Gasteiger partial charge in [0, 0.05) is 12.2 Å². The molecule has 0 saturated carbocycles. The van der Waals surface area contributed by atoms with Crippen LogP contribution in [0.25, 0.3) is 0 Å². The zero-order valence-electron chi connectivity index (χ0n) is 10.00. The molecule has 0 bridgehead atoms. The van der Waals surface area contributed by atoms with Crippen LogP contribution < -0.4 is 4.90 Å². The van der Waals surface area contributed by atoms with E-state index in [-0.39, 0.29) is 13.1 Å². The highest BCUT2D eigenvalue weighted by Crippen LogP contribution is 2.17. The number of nitrogens with zero attached hydrogens (tertiary/aromatic N) is 3. The molecule has 0 radical (unpaired) electrons. The van der Waals surface area contributed by atoms with Crippen molar-refractivity contribution in [3.05, 3.63) is 29.8 Å². The van der Waals surface area contributed by atoms with Gasteiger partial charge in [-0.3, -0.25) is 4.79 Å². The fraction of sp³-hybridized carbons (Fsp3) is 0.308. The quantitative estimate of drug-likeness (QED) is 0.793. The Morgan fingerprint density at radius 2 is 2.22 bits per heavy atom. The van der Waals surface area contributed by atoms with Gasteiger partial charge in [-0.25, -0.2) is 0 Å². The van der Waals surface area contributed by atoms with Crippen LogP contribution in [0.3, 0.4) is 0 Å². The molecular weight excluding hydrogens is 230 g/mol. The van der Waals surface area contributed by atoms with Crippen LogP contribution in [-0.4, -0.2) is 24.2 Å². The van der Waals surface area contributed by atoms with Crippen molar-refractivity contribution in [1.82, 2.24) is 0 Å². The van der Waals surface area contributed by atoms with Crippen molar-refractivity contribution in [2.45, 2.75) is 6.92 Å². The van der Waals surface area contributed by atoms with E-state index in [4.69, 9.17) is 15.6 Å². The molecule has 1 aromatic carbocycles. The second-order valence-electron chi connectivity index (χ2n) is 3.94. The molecule has 5 nitrogen and oxygen atoms in total. The zero-order chi connectivity index (χ0) is 13.5. The van der Waals surface area contributed by atoms with Crippen LogP contribution >= 0.6 is 0 Å². The third-order valence-electron chi connectivity index (χ3n) is 2.52. The van der Waals surface area contributed by atoms with Crippen molar-refractivity contribution in [2.75, 3.05) is 18.0 Å². The summed E-state index contributed by atoms with van der Waals surface area (Å²) in [6.45, 7) is 1.91. The van der Waals surface area contributed by atoms with Gasteiger partial charge in [0.25, 0.3) is 0 Å². The van der Waals surface area contributed by atoms with Crippen LogP contribution in [0.2, 0.25) is 0 Å². The van der Waals surface area contributed by atoms with Crippen molar-refractivity contribution in [3.8, 4) is 12.1 Å². The van der Waals surface area contributed by atoms with E-state index in [0.29, 0.717) is 11.3 Å². The minimum absolute atomic E-state index is 0.0898. The molecule has 0 aliphatic heterocycles. The van der Waals surface area contributed by atoms with Crippen molar-refractivity contribution >= 4 is 11.7 Å². The molecule has 92 valence electrons. The number of anilines is 1. The molecule has 0 spiro atoms. The van der Waals surface area contributed by atoms with Gasteiger partial charge in [-0.2, -0.15) is 10.5 Å². The Morgan fingerprint density at radius 1 is 1.50 bits per heavy atom. The molecule has 1 aromatic rings. The van der Waals surface area contributed by atoms with Gasteiger partial charge in [-0.1, -0.05) is 13.0 Å². The van der Waals surface area contributed by atoms with Crippen LogP contribution in [-0.2, 0) is 4.79 Å². The Labute approximate surface area is 105 Å². The first-order chi connectivity index (χ1) is 8.58. The van der Waals surface area contributed by atoms with Crippen LogP contribution in [0.5, 0.6) is 0 Å². The monoisotopic (exact) mass is 243 g/mol. The highest BCUT2D eigenvalue weighted by atomic mass is 16.4. The van der Waals surface area contributed by atoms with E-state index in [9.17, 15) is 4.79 Å². The molecule has 0 aliphatic rings. The third kappa shape index (κ3) is 3.50. The van der Waals surface area contributed by atoms with Crippen molar-refractivity contribution in [2.24, 2.45) is 5.92 Å². The van der Waals surface area contributed by atoms with Crippen LogP contribution in [0, 0.1) is 28.6 Å². The number of nitriles is 2. The van der Waals surface area contributed by atoms with Crippen LogP contribution in [0.4, 0.5) is 5.69 Å². The van der Waals surface area contributed by atoms with Gasteiger partial charge >= 0.3 is 5.97 Å². The molecule has 1 atom stereocenters. The van der Waals surface area contributed by atoms with E-state index in [0.717, 1.165) is 0 Å². The standard InChI is InChI=1S/C13H13N3O2/c1-10(13(17)18)9-16(6-5-14)12-4-2-3-11(7-12)8-15/h2-4,7,10H,6,9H2,1H3,(H,17,18). The van der Waals surface area contributed by atoms with E-state index in [1.165, 1.54) is 0 Å². The maximum absolute atomic E-state index is 10.8. The first-order valence-corrected chi connectivity index (χ1v) is 5.43. The molecule has 1 N–H and O–H groups in total. The highest BCUT2D eigenvalue weighted by Gasteiger charge is 2.16. The van der Waals surface area contributed by atoms with Gasteiger partial charge in [0.05, 0.1) is 23.6 Å². The fourth-order valence-corrected chi connectivity index (χ4v) is 1.53. The number of hydrogen-bond donors (Lipinski definition) is 1. The average molecular weight is 243 g/mol. The summed E-state index contributed by atoms with van der Waals surface area (Å²) in [5.41, 5.74) is 1.17. The first-order valence-electron chi connectivity index (χ1n) is 5.43. The van der Waals surface area contributed by atoms with Gasteiger partial charge in [0.1, 0.15) is 6.54 Å². The molecule has 0 heterocycles. The Hall–Kier alpha value is -2.53. The van der Waals surface area contributed by atoms with Crippen molar-refractivity contribution in [1.29, 1.82) is 10.5 Å². The van der Waals surface area contributed by atoms with Gasteiger partial charge in [-0.15, -0.1) is 0 Å². The Kier molecular flexibility index (Phi) is 4.71. The maximum Gasteiger partial charge on any atom is 0.308 e. The predicted molar refractivity (Wildman–Crippen MR) is 65.8 cm³/mol. The molecule has 0 fully saturated rings. The lowest BCUT2D eigenvalue weighted by molar-refractivity contribution is -0.140. The van der Waals surface area contributed by atoms with E-state index in [1.54, 1.807) is 36.1 Å². The molecule has 5 heteroatoms. The van der Waals surface area contributed by atoms with Gasteiger partial charge in [-0.05, 0) is 18.2 Å². The van der Waals surface area contributed by atoms with E-state index in [1.807, 2.05) is 12.1 Å². The van der Waals surface area contributed by atoms with Crippen LogP contribution in [0.15, 0.2) is 24.3 Å². The average Bonchev–Trinajstić information content (AvgIpc) is 2.38. The number of aliphatic carboxylic acids is 1. The minimum Gasteiger partial charge on any atom is -0.481 e. The molecule has 1 rings (SSSR count). The summed E-state index contributed by atoms with van der Waals surface area (Å²) in [7, 11) is 0. The number of hydrogen-bond acceptors (Lipinski definition) is 4. The lowest BCUT2D eigenvalue weighted by atomic mass is 10.1. The molecule has 0 amide bonds. The first kappa shape index (κ1) is 13.5. The molecule has 18 heavy (non-hydrogen) atoms. The summed E-state index contributed by atoms with van der Waals surface area (Å²) in [4.78, 5) is 12.5. The summed E-state index contributed by atoms with van der Waals surface area (Å²) >= 11 is 0. The van der Waals surface area contributed by atoms with Gasteiger partial charge in [0.15, 0.2) is 0 Å². The number of carboxylic acids is 1. The maximum atomic E-state index is 10.8. The fourth-order valence-electron chi connectivity index (χ4n) is 1.53. The second-order valence-corrected chi connectivity index (χ2v) is 3.94. The SMILES string of the molecule is CC(CN(CC#N)c1cccc(C#N)c1)C(=O)O. The molecule has 0 aromatic heterocycles. The Bertz CT molecular complexity index is 514. The molecule has 0 aliphatic carbocycles. The summed E-state index contributed by atoms with van der Waals surface area (Å²) < 4.78 is 0. The topological polar surface area (TPSA) is 88.1 Å². The lowest BCUT2D eigenvalue weighted by Crippen LogP contribution is -2.32. The van der Waals surface area contributed by atoms with Crippen LogP contribution in [0.1, 0.15) is 12.5 Å². The predicted octanol–water partition coefficient (Wildman–Crippen LogP) is 1.61.